The lowest BCUT2D eigenvalue weighted by molar-refractivity contribution is -0.118. The van der Waals surface area contributed by atoms with Crippen LogP contribution in [-0.2, 0) is 14.8 Å². The fourth-order valence-electron chi connectivity index (χ4n) is 2.31. The van der Waals surface area contributed by atoms with Gasteiger partial charge in [0.05, 0.1) is 4.90 Å². The number of carbonyl (C=O) groups is 1. The lowest BCUT2D eigenvalue weighted by atomic mass is 10.3. The number of halogens is 1. The van der Waals surface area contributed by atoms with Gasteiger partial charge in [-0.15, -0.1) is 0 Å². The lowest BCUT2D eigenvalue weighted by Gasteiger charge is -2.10. The number of carbonyl (C=O) groups excluding carboxylic acids is 1. The first-order valence-electron chi connectivity index (χ1n) is 8.28. The number of hydrogen-bond donors (Lipinski definition) is 2. The van der Waals surface area contributed by atoms with Crippen molar-refractivity contribution in [2.75, 3.05) is 16.6 Å². The van der Waals surface area contributed by atoms with Crippen LogP contribution in [-0.4, -0.2) is 20.9 Å². The standard InChI is InChI=1S/C20H17BrN2O4S/c21-15-6-8-16(9-7-15)22-20(24)14-27-18-10-12-19(13-11-18)28(25,26)23-17-4-2-1-3-5-17/h1-13,23H,14H2,(H,22,24). The molecule has 8 heteroatoms. The van der Waals surface area contributed by atoms with Crippen LogP contribution < -0.4 is 14.8 Å². The molecule has 0 bridgehead atoms. The molecule has 0 aliphatic carbocycles. The Kier molecular flexibility index (Phi) is 6.33. The number of anilines is 2. The number of benzene rings is 3. The van der Waals surface area contributed by atoms with Crippen molar-refractivity contribution in [2.24, 2.45) is 0 Å². The second-order valence-corrected chi connectivity index (χ2v) is 8.38. The number of amides is 1. The SMILES string of the molecule is O=C(COc1ccc(S(=O)(=O)Nc2ccccc2)cc1)Nc1ccc(Br)cc1. The van der Waals surface area contributed by atoms with Crippen molar-refractivity contribution in [3.05, 3.63) is 83.3 Å². The van der Waals surface area contributed by atoms with Gasteiger partial charge in [0.15, 0.2) is 6.61 Å². The van der Waals surface area contributed by atoms with Gasteiger partial charge in [0.2, 0.25) is 0 Å². The molecule has 0 radical (unpaired) electrons. The van der Waals surface area contributed by atoms with Crippen LogP contribution >= 0.6 is 15.9 Å². The number of nitrogens with one attached hydrogen (secondary N) is 2. The molecule has 3 aromatic carbocycles. The molecule has 0 aliphatic heterocycles. The number of para-hydroxylation sites is 1. The summed E-state index contributed by atoms with van der Waals surface area (Å²) < 4.78 is 33.6. The normalized spacial score (nSPS) is 10.9. The van der Waals surface area contributed by atoms with Crippen molar-refractivity contribution in [1.29, 1.82) is 0 Å². The Labute approximate surface area is 171 Å². The largest absolute Gasteiger partial charge is 0.484 e. The summed E-state index contributed by atoms with van der Waals surface area (Å²) in [5.74, 6) is 0.0781. The van der Waals surface area contributed by atoms with Gasteiger partial charge in [0.1, 0.15) is 5.75 Å². The molecule has 0 heterocycles. The monoisotopic (exact) mass is 460 g/mol. The first-order valence-corrected chi connectivity index (χ1v) is 10.6. The maximum atomic E-state index is 12.4. The van der Waals surface area contributed by atoms with E-state index >= 15 is 0 Å². The zero-order valence-electron chi connectivity index (χ0n) is 14.6. The molecule has 0 aromatic heterocycles. The average molecular weight is 461 g/mol. The summed E-state index contributed by atoms with van der Waals surface area (Å²) in [7, 11) is -3.69. The van der Waals surface area contributed by atoms with Crippen molar-refractivity contribution in [3.8, 4) is 5.75 Å². The van der Waals surface area contributed by atoms with Gasteiger partial charge in [0, 0.05) is 15.8 Å². The topological polar surface area (TPSA) is 84.5 Å². The fraction of sp³-hybridized carbons (Fsp3) is 0.0500. The van der Waals surface area contributed by atoms with Crippen molar-refractivity contribution in [3.63, 3.8) is 0 Å². The molecule has 0 aliphatic rings. The van der Waals surface area contributed by atoms with Crippen LogP contribution in [0.4, 0.5) is 11.4 Å². The summed E-state index contributed by atoms with van der Waals surface area (Å²) in [5, 5.41) is 2.71. The first-order chi connectivity index (χ1) is 13.4. The van der Waals surface area contributed by atoms with E-state index in [2.05, 4.69) is 26.0 Å². The van der Waals surface area contributed by atoms with Gasteiger partial charge in [-0.3, -0.25) is 9.52 Å². The zero-order chi connectivity index (χ0) is 20.0. The molecule has 0 fully saturated rings. The van der Waals surface area contributed by atoms with Crippen molar-refractivity contribution in [2.45, 2.75) is 4.90 Å². The van der Waals surface area contributed by atoms with Gasteiger partial charge in [-0.25, -0.2) is 8.42 Å². The van der Waals surface area contributed by atoms with Gasteiger partial charge in [-0.05, 0) is 60.7 Å². The molecule has 2 N–H and O–H groups in total. The van der Waals surface area contributed by atoms with Crippen LogP contribution in [0.15, 0.2) is 88.2 Å². The van der Waals surface area contributed by atoms with E-state index in [1.165, 1.54) is 24.3 Å². The van der Waals surface area contributed by atoms with Crippen LogP contribution in [0.3, 0.4) is 0 Å². The van der Waals surface area contributed by atoms with Gasteiger partial charge in [-0.2, -0.15) is 0 Å². The number of sulfonamides is 1. The minimum atomic E-state index is -3.69. The highest BCUT2D eigenvalue weighted by Crippen LogP contribution is 2.19. The molecular weight excluding hydrogens is 444 g/mol. The molecule has 0 saturated heterocycles. The highest BCUT2D eigenvalue weighted by atomic mass is 79.9. The smallest absolute Gasteiger partial charge is 0.262 e. The molecule has 28 heavy (non-hydrogen) atoms. The van der Waals surface area contributed by atoms with E-state index in [9.17, 15) is 13.2 Å². The van der Waals surface area contributed by atoms with Gasteiger partial charge < -0.3 is 10.1 Å². The minimum Gasteiger partial charge on any atom is -0.484 e. The second-order valence-electron chi connectivity index (χ2n) is 5.79. The van der Waals surface area contributed by atoms with Crippen molar-refractivity contribution >= 4 is 43.2 Å². The fourth-order valence-corrected chi connectivity index (χ4v) is 3.64. The molecule has 0 saturated carbocycles. The summed E-state index contributed by atoms with van der Waals surface area (Å²) in [6.07, 6.45) is 0. The summed E-state index contributed by atoms with van der Waals surface area (Å²) >= 11 is 3.33. The summed E-state index contributed by atoms with van der Waals surface area (Å²) in [5.41, 5.74) is 1.14. The Morgan fingerprint density at radius 2 is 1.50 bits per heavy atom. The predicted octanol–water partition coefficient (Wildman–Crippen LogP) is 4.27. The lowest BCUT2D eigenvalue weighted by Crippen LogP contribution is -2.20. The minimum absolute atomic E-state index is 0.100. The Hall–Kier alpha value is -2.84. The first kappa shape index (κ1) is 19.9. The van der Waals surface area contributed by atoms with E-state index in [0.29, 0.717) is 17.1 Å². The van der Waals surface area contributed by atoms with Crippen LogP contribution in [0.1, 0.15) is 0 Å². The van der Waals surface area contributed by atoms with E-state index in [1.807, 2.05) is 12.1 Å². The third-order valence-electron chi connectivity index (χ3n) is 3.66. The quantitative estimate of drug-likeness (QED) is 0.551. The number of ether oxygens (including phenoxy) is 1. The van der Waals surface area contributed by atoms with E-state index in [1.54, 1.807) is 42.5 Å². The van der Waals surface area contributed by atoms with Gasteiger partial charge in [0.25, 0.3) is 15.9 Å². The maximum Gasteiger partial charge on any atom is 0.262 e. The molecule has 0 spiro atoms. The Balaban J connectivity index is 1.56. The summed E-state index contributed by atoms with van der Waals surface area (Å²) in [6.45, 7) is -0.190. The molecule has 1 amide bonds. The van der Waals surface area contributed by atoms with Crippen LogP contribution in [0.2, 0.25) is 0 Å². The third kappa shape index (κ3) is 5.58. The van der Waals surface area contributed by atoms with E-state index in [-0.39, 0.29) is 17.4 Å². The highest BCUT2D eigenvalue weighted by molar-refractivity contribution is 9.10. The summed E-state index contributed by atoms with van der Waals surface area (Å²) in [6, 6.07) is 21.7. The Morgan fingerprint density at radius 1 is 0.857 bits per heavy atom. The van der Waals surface area contributed by atoms with Gasteiger partial charge in [-0.1, -0.05) is 34.1 Å². The average Bonchev–Trinajstić information content (AvgIpc) is 2.69. The van der Waals surface area contributed by atoms with Gasteiger partial charge >= 0.3 is 0 Å². The molecule has 0 unspecified atom stereocenters. The molecular formula is C20H17BrN2O4S. The van der Waals surface area contributed by atoms with Crippen molar-refractivity contribution < 1.29 is 17.9 Å². The molecule has 0 atom stereocenters. The maximum absolute atomic E-state index is 12.4. The summed E-state index contributed by atoms with van der Waals surface area (Å²) in [4.78, 5) is 12.0. The van der Waals surface area contributed by atoms with Crippen LogP contribution in [0, 0.1) is 0 Å². The molecule has 144 valence electrons. The Morgan fingerprint density at radius 3 is 2.14 bits per heavy atom. The molecule has 3 rings (SSSR count). The van der Waals surface area contributed by atoms with Crippen molar-refractivity contribution in [1.82, 2.24) is 0 Å². The molecule has 3 aromatic rings. The third-order valence-corrected chi connectivity index (χ3v) is 5.58. The highest BCUT2D eigenvalue weighted by Gasteiger charge is 2.14. The number of rotatable bonds is 7. The predicted molar refractivity (Wildman–Crippen MR) is 112 cm³/mol. The van der Waals surface area contributed by atoms with E-state index in [4.69, 9.17) is 4.74 Å². The Bertz CT molecular complexity index is 1040. The van der Waals surface area contributed by atoms with Crippen LogP contribution in [0.25, 0.3) is 0 Å². The molecule has 6 nitrogen and oxygen atoms in total. The zero-order valence-corrected chi connectivity index (χ0v) is 17.0. The van der Waals surface area contributed by atoms with E-state index in [0.717, 1.165) is 4.47 Å². The van der Waals surface area contributed by atoms with E-state index < -0.39 is 10.0 Å². The van der Waals surface area contributed by atoms with Crippen LogP contribution in [0.5, 0.6) is 5.75 Å². The number of hydrogen-bond acceptors (Lipinski definition) is 4. The second kappa shape index (κ2) is 8.90.